The van der Waals surface area contributed by atoms with Gasteiger partial charge in [0.2, 0.25) is 5.91 Å². The van der Waals surface area contributed by atoms with Crippen molar-refractivity contribution >= 4 is 23.7 Å². The van der Waals surface area contributed by atoms with E-state index in [9.17, 15) is 9.59 Å². The van der Waals surface area contributed by atoms with Gasteiger partial charge in [0.25, 0.3) is 5.91 Å². The summed E-state index contributed by atoms with van der Waals surface area (Å²) in [7, 11) is 4.74. The lowest BCUT2D eigenvalue weighted by molar-refractivity contribution is -0.121. The van der Waals surface area contributed by atoms with Crippen molar-refractivity contribution < 1.29 is 28.5 Å². The van der Waals surface area contributed by atoms with Gasteiger partial charge in [-0.05, 0) is 43.9 Å². The molecule has 9 nitrogen and oxygen atoms in total. The molecule has 0 saturated carbocycles. The summed E-state index contributed by atoms with van der Waals surface area (Å²) in [6.45, 7) is 1.55. The zero-order valence-corrected chi connectivity index (χ0v) is 21.0. The highest BCUT2D eigenvalue weighted by Gasteiger charge is 2.32. The zero-order valence-electron chi connectivity index (χ0n) is 21.0. The third kappa shape index (κ3) is 5.72. The summed E-state index contributed by atoms with van der Waals surface area (Å²) in [5.41, 5.74) is 2.01. The number of fused-ring (bicyclic) bond motifs is 2. The van der Waals surface area contributed by atoms with Crippen LogP contribution < -0.4 is 24.3 Å². The van der Waals surface area contributed by atoms with Gasteiger partial charge in [-0.25, -0.2) is 0 Å². The number of carbonyl (C=O) groups excluding carboxylic acids is 2. The summed E-state index contributed by atoms with van der Waals surface area (Å²) >= 11 is 0. The van der Waals surface area contributed by atoms with Crippen LogP contribution in [0, 0.1) is 0 Å². The summed E-state index contributed by atoms with van der Waals surface area (Å²) in [6.07, 6.45) is 5.53. The van der Waals surface area contributed by atoms with E-state index in [-0.39, 0.29) is 17.9 Å². The quantitative estimate of drug-likeness (QED) is 0.475. The van der Waals surface area contributed by atoms with Crippen molar-refractivity contribution in [1.29, 1.82) is 0 Å². The maximum absolute atomic E-state index is 13.0. The van der Waals surface area contributed by atoms with E-state index in [4.69, 9.17) is 18.9 Å². The van der Waals surface area contributed by atoms with Crippen molar-refractivity contribution in [3.63, 3.8) is 0 Å². The number of rotatable bonds is 11. The first-order chi connectivity index (χ1) is 17.5. The molecule has 1 fully saturated rings. The Morgan fingerprint density at radius 2 is 1.89 bits per heavy atom. The van der Waals surface area contributed by atoms with E-state index in [2.05, 4.69) is 10.3 Å². The number of nitrogens with one attached hydrogen (secondary N) is 1. The second kappa shape index (κ2) is 11.8. The minimum Gasteiger partial charge on any atom is -0.497 e. The molecule has 36 heavy (non-hydrogen) atoms. The lowest BCUT2D eigenvalue weighted by atomic mass is 10.1. The number of methoxy groups -OCH3 is 3. The summed E-state index contributed by atoms with van der Waals surface area (Å²) in [5, 5.41) is 2.93. The van der Waals surface area contributed by atoms with Crippen LogP contribution >= 0.6 is 0 Å². The maximum atomic E-state index is 13.0. The van der Waals surface area contributed by atoms with Gasteiger partial charge >= 0.3 is 0 Å². The van der Waals surface area contributed by atoms with Gasteiger partial charge in [0.15, 0.2) is 11.5 Å². The smallest absolute Gasteiger partial charge is 0.256 e. The Labute approximate surface area is 211 Å². The van der Waals surface area contributed by atoms with Crippen LogP contribution in [0.1, 0.15) is 48.0 Å². The van der Waals surface area contributed by atoms with E-state index >= 15 is 0 Å². The fourth-order valence-corrected chi connectivity index (χ4v) is 4.47. The Morgan fingerprint density at radius 3 is 2.67 bits per heavy atom. The molecular formula is C27H33N3O6. The molecule has 0 spiro atoms. The van der Waals surface area contributed by atoms with Crippen LogP contribution in [-0.4, -0.2) is 63.5 Å². The molecular weight excluding hydrogens is 462 g/mol. The molecule has 0 aliphatic carbocycles. The number of aliphatic imine (C=N–C) groups is 1. The normalized spacial score (nSPS) is 16.1. The molecule has 2 aromatic rings. The number of hydrogen-bond acceptors (Lipinski definition) is 7. The van der Waals surface area contributed by atoms with Gasteiger partial charge in [0.05, 0.1) is 45.2 Å². The predicted octanol–water partition coefficient (Wildman–Crippen LogP) is 3.90. The fourth-order valence-electron chi connectivity index (χ4n) is 4.47. The van der Waals surface area contributed by atoms with Crippen LogP contribution in [0.25, 0.3) is 0 Å². The first-order valence-electron chi connectivity index (χ1n) is 12.2. The molecule has 1 atom stereocenters. The highest BCUT2D eigenvalue weighted by molar-refractivity contribution is 6.03. The van der Waals surface area contributed by atoms with Crippen molar-refractivity contribution in [2.75, 3.05) is 34.5 Å². The zero-order chi connectivity index (χ0) is 25.5. The minimum absolute atomic E-state index is 0.0203. The van der Waals surface area contributed by atoms with E-state index in [1.54, 1.807) is 39.5 Å². The molecule has 0 radical (unpaired) electrons. The molecule has 1 saturated heterocycles. The van der Waals surface area contributed by atoms with Crippen LogP contribution in [0.3, 0.4) is 0 Å². The standard InChI is InChI=1S/C27H33N3O6/c1-33-20-10-9-18(23(13-20)34-2)16-29-26(31)8-4-5-12-36-25-15-22-21(14-24(25)35-3)27(32)30-11-6-7-19(30)17-28-22/h9-10,13-15,17,19H,4-8,11-12,16H2,1-3H3,(H,29,31)/t19-/m0/s1. The summed E-state index contributed by atoms with van der Waals surface area (Å²) < 4.78 is 22.0. The molecule has 2 amide bonds. The van der Waals surface area contributed by atoms with Gasteiger partial charge in [0.1, 0.15) is 11.5 Å². The molecule has 0 unspecified atom stereocenters. The van der Waals surface area contributed by atoms with E-state index in [0.29, 0.717) is 66.7 Å². The number of amides is 2. The summed E-state index contributed by atoms with van der Waals surface area (Å²) in [4.78, 5) is 31.7. The largest absolute Gasteiger partial charge is 0.497 e. The lowest BCUT2D eigenvalue weighted by Gasteiger charge is -2.20. The van der Waals surface area contributed by atoms with E-state index in [1.807, 2.05) is 23.2 Å². The summed E-state index contributed by atoms with van der Waals surface area (Å²) in [6, 6.07) is 9.03. The number of ether oxygens (including phenoxy) is 4. The lowest BCUT2D eigenvalue weighted by Crippen LogP contribution is -2.35. The molecule has 192 valence electrons. The third-order valence-electron chi connectivity index (χ3n) is 6.48. The number of unbranched alkanes of at least 4 members (excludes halogenated alkanes) is 1. The third-order valence-corrected chi connectivity index (χ3v) is 6.48. The van der Waals surface area contributed by atoms with Crippen molar-refractivity contribution in [3.05, 3.63) is 41.5 Å². The molecule has 2 aliphatic rings. The molecule has 9 heteroatoms. The second-order valence-electron chi connectivity index (χ2n) is 8.77. The van der Waals surface area contributed by atoms with Crippen LogP contribution in [0.2, 0.25) is 0 Å². The Bertz CT molecular complexity index is 1130. The first-order valence-corrected chi connectivity index (χ1v) is 12.2. The molecule has 2 aromatic carbocycles. The average molecular weight is 496 g/mol. The SMILES string of the molecule is COc1ccc(CNC(=O)CCCCOc2cc3c(cc2OC)C(=O)N2CCC[C@H]2C=N3)c(OC)c1. The van der Waals surface area contributed by atoms with Crippen molar-refractivity contribution in [2.24, 2.45) is 4.99 Å². The van der Waals surface area contributed by atoms with Gasteiger partial charge in [-0.1, -0.05) is 0 Å². The molecule has 2 aliphatic heterocycles. The Balaban J connectivity index is 1.26. The summed E-state index contributed by atoms with van der Waals surface area (Å²) in [5.74, 6) is 2.36. The van der Waals surface area contributed by atoms with Gasteiger partial charge in [-0.15, -0.1) is 0 Å². The number of carbonyl (C=O) groups is 2. The number of nitrogens with zero attached hydrogens (tertiary/aromatic N) is 2. The van der Waals surface area contributed by atoms with Gasteiger partial charge < -0.3 is 29.2 Å². The Morgan fingerprint density at radius 1 is 1.06 bits per heavy atom. The van der Waals surface area contributed by atoms with Crippen molar-refractivity contribution in [1.82, 2.24) is 10.2 Å². The maximum Gasteiger partial charge on any atom is 0.256 e. The van der Waals surface area contributed by atoms with Crippen LogP contribution in [0.15, 0.2) is 35.3 Å². The monoisotopic (exact) mass is 495 g/mol. The number of hydrogen-bond donors (Lipinski definition) is 1. The van der Waals surface area contributed by atoms with Crippen LogP contribution in [-0.2, 0) is 11.3 Å². The highest BCUT2D eigenvalue weighted by atomic mass is 16.5. The van der Waals surface area contributed by atoms with Crippen LogP contribution in [0.4, 0.5) is 5.69 Å². The molecule has 0 aromatic heterocycles. The number of benzene rings is 2. The van der Waals surface area contributed by atoms with E-state index in [0.717, 1.165) is 24.9 Å². The molecule has 2 heterocycles. The van der Waals surface area contributed by atoms with E-state index in [1.165, 1.54) is 0 Å². The topological polar surface area (TPSA) is 98.7 Å². The van der Waals surface area contributed by atoms with Gasteiger partial charge in [-0.2, -0.15) is 0 Å². The first kappa shape index (κ1) is 25.3. The highest BCUT2D eigenvalue weighted by Crippen LogP contribution is 2.38. The van der Waals surface area contributed by atoms with Crippen molar-refractivity contribution in [3.8, 4) is 23.0 Å². The van der Waals surface area contributed by atoms with E-state index < -0.39 is 0 Å². The van der Waals surface area contributed by atoms with Crippen molar-refractivity contribution in [2.45, 2.75) is 44.7 Å². The average Bonchev–Trinajstić information content (AvgIpc) is 3.34. The molecule has 1 N–H and O–H groups in total. The van der Waals surface area contributed by atoms with Gasteiger partial charge in [-0.3, -0.25) is 14.6 Å². The fraction of sp³-hybridized carbons (Fsp3) is 0.444. The molecule has 0 bridgehead atoms. The Kier molecular flexibility index (Phi) is 8.30. The minimum atomic E-state index is -0.0381. The predicted molar refractivity (Wildman–Crippen MR) is 136 cm³/mol. The van der Waals surface area contributed by atoms with Gasteiger partial charge in [0, 0.05) is 43.4 Å². The second-order valence-corrected chi connectivity index (χ2v) is 8.77. The Hall–Kier alpha value is -3.75. The molecule has 4 rings (SSSR count). The van der Waals surface area contributed by atoms with Crippen LogP contribution in [0.5, 0.6) is 23.0 Å².